The van der Waals surface area contributed by atoms with Crippen LogP contribution in [0.3, 0.4) is 0 Å². The smallest absolute Gasteiger partial charge is 0.293 e. The standard InChI is InChI=1S/C14H21BO4/c1-14(2,3)9-19-13(16)15-10-6-11(17-4)8-12(7-10)18-5/h6-8,15H,9H2,1-5H3. The molecular weight excluding hydrogens is 243 g/mol. The summed E-state index contributed by atoms with van der Waals surface area (Å²) in [5, 5.41) is 0. The number of carbonyl (C=O) groups excluding carboxylic acids is 1. The predicted molar refractivity (Wildman–Crippen MR) is 77.1 cm³/mol. The van der Waals surface area contributed by atoms with Crippen LogP contribution in [0.1, 0.15) is 20.8 Å². The fourth-order valence-electron chi connectivity index (χ4n) is 1.48. The van der Waals surface area contributed by atoms with Gasteiger partial charge in [0.1, 0.15) is 11.5 Å². The van der Waals surface area contributed by atoms with Gasteiger partial charge in [0.05, 0.1) is 20.8 Å². The summed E-state index contributed by atoms with van der Waals surface area (Å²) < 4.78 is 15.6. The van der Waals surface area contributed by atoms with Crippen molar-refractivity contribution in [3.8, 4) is 11.5 Å². The molecule has 0 bridgehead atoms. The lowest BCUT2D eigenvalue weighted by Crippen LogP contribution is -2.27. The number of ether oxygens (including phenoxy) is 3. The quantitative estimate of drug-likeness (QED) is 0.762. The van der Waals surface area contributed by atoms with Gasteiger partial charge < -0.3 is 14.2 Å². The highest BCUT2D eigenvalue weighted by Gasteiger charge is 2.15. The highest BCUT2D eigenvalue weighted by Crippen LogP contribution is 2.17. The molecule has 0 aliphatic rings. The second-order valence-corrected chi connectivity index (χ2v) is 5.62. The van der Waals surface area contributed by atoms with Crippen LogP contribution in [0, 0.1) is 5.41 Å². The molecule has 104 valence electrons. The molecule has 4 nitrogen and oxygen atoms in total. The number of methoxy groups -OCH3 is 2. The minimum atomic E-state index is -0.245. The van der Waals surface area contributed by atoms with Gasteiger partial charge in [0.25, 0.3) is 13.1 Å². The van der Waals surface area contributed by atoms with Crippen LogP contribution in [0.4, 0.5) is 4.79 Å². The fourth-order valence-corrected chi connectivity index (χ4v) is 1.48. The maximum Gasteiger partial charge on any atom is 0.293 e. The van der Waals surface area contributed by atoms with Gasteiger partial charge in [0.2, 0.25) is 0 Å². The van der Waals surface area contributed by atoms with E-state index in [0.717, 1.165) is 5.46 Å². The molecule has 0 aliphatic carbocycles. The highest BCUT2D eigenvalue weighted by molar-refractivity contribution is 6.82. The van der Waals surface area contributed by atoms with Gasteiger partial charge in [-0.2, -0.15) is 0 Å². The minimum Gasteiger partial charge on any atom is -0.497 e. The molecular formula is C14H21BO4. The summed E-state index contributed by atoms with van der Waals surface area (Å²) in [6.07, 6.45) is 0. The van der Waals surface area contributed by atoms with Gasteiger partial charge in [0, 0.05) is 6.07 Å². The molecule has 0 saturated carbocycles. The summed E-state index contributed by atoms with van der Waals surface area (Å²) >= 11 is 0. The molecule has 0 amide bonds. The van der Waals surface area contributed by atoms with E-state index < -0.39 is 0 Å². The predicted octanol–water partition coefficient (Wildman–Crippen LogP) is 1.95. The monoisotopic (exact) mass is 264 g/mol. The molecule has 0 fully saturated rings. The highest BCUT2D eigenvalue weighted by atomic mass is 16.5. The zero-order chi connectivity index (χ0) is 14.5. The van der Waals surface area contributed by atoms with Crippen molar-refractivity contribution in [2.75, 3.05) is 20.8 Å². The molecule has 0 aliphatic heterocycles. The number of rotatable bonds is 5. The Morgan fingerprint density at radius 1 is 1.11 bits per heavy atom. The molecule has 1 rings (SSSR count). The van der Waals surface area contributed by atoms with E-state index in [2.05, 4.69) is 0 Å². The first-order valence-corrected chi connectivity index (χ1v) is 6.21. The van der Waals surface area contributed by atoms with Gasteiger partial charge in [-0.1, -0.05) is 26.2 Å². The van der Waals surface area contributed by atoms with Crippen molar-refractivity contribution in [1.29, 1.82) is 0 Å². The third-order valence-corrected chi connectivity index (χ3v) is 2.43. The van der Waals surface area contributed by atoms with Crippen LogP contribution in [0.25, 0.3) is 0 Å². The lowest BCUT2D eigenvalue weighted by atomic mass is 9.70. The van der Waals surface area contributed by atoms with E-state index in [1.54, 1.807) is 32.4 Å². The Morgan fingerprint density at radius 3 is 2.05 bits per heavy atom. The number of hydrogen-bond donors (Lipinski definition) is 0. The van der Waals surface area contributed by atoms with E-state index in [1.165, 1.54) is 0 Å². The van der Waals surface area contributed by atoms with Crippen LogP contribution in [-0.4, -0.2) is 34.0 Å². The lowest BCUT2D eigenvalue weighted by Gasteiger charge is -2.17. The molecule has 0 N–H and O–H groups in total. The first-order chi connectivity index (χ1) is 8.84. The number of carbonyl (C=O) groups is 1. The number of hydrogen-bond acceptors (Lipinski definition) is 4. The molecule has 5 heteroatoms. The molecule has 0 radical (unpaired) electrons. The first-order valence-electron chi connectivity index (χ1n) is 6.21. The van der Waals surface area contributed by atoms with E-state index in [-0.39, 0.29) is 18.6 Å². The summed E-state index contributed by atoms with van der Waals surface area (Å²) in [5.74, 6) is 1.08. The Labute approximate surface area is 115 Å². The Bertz CT molecular complexity index is 415. The SMILES string of the molecule is COc1cc(BC(=O)OCC(C)(C)C)cc(OC)c1. The van der Waals surface area contributed by atoms with Gasteiger partial charge in [0.15, 0.2) is 0 Å². The molecule has 0 unspecified atom stereocenters. The summed E-state index contributed by atoms with van der Waals surface area (Å²) in [6.45, 7) is 6.48. The minimum absolute atomic E-state index is 0.0261. The molecule has 0 aromatic heterocycles. The van der Waals surface area contributed by atoms with Crippen LogP contribution >= 0.6 is 0 Å². The van der Waals surface area contributed by atoms with Crippen LogP contribution in [0.15, 0.2) is 18.2 Å². The lowest BCUT2D eigenvalue weighted by molar-refractivity contribution is 0.127. The van der Waals surface area contributed by atoms with Crippen LogP contribution in [-0.2, 0) is 4.74 Å². The third-order valence-electron chi connectivity index (χ3n) is 2.43. The first kappa shape index (κ1) is 15.4. The van der Waals surface area contributed by atoms with Crippen molar-refractivity contribution >= 4 is 18.6 Å². The van der Waals surface area contributed by atoms with Crippen molar-refractivity contribution in [2.45, 2.75) is 20.8 Å². The maximum atomic E-state index is 11.8. The molecule has 0 heterocycles. The summed E-state index contributed by atoms with van der Waals surface area (Å²) in [5.41, 5.74) is 0.789. The summed E-state index contributed by atoms with van der Waals surface area (Å²) in [6, 6.07) is 5.38. The van der Waals surface area contributed by atoms with Crippen molar-refractivity contribution in [1.82, 2.24) is 0 Å². The zero-order valence-electron chi connectivity index (χ0n) is 12.3. The van der Waals surface area contributed by atoms with Gasteiger partial charge >= 0.3 is 0 Å². The Balaban J connectivity index is 2.68. The second-order valence-electron chi connectivity index (χ2n) is 5.62. The van der Waals surface area contributed by atoms with E-state index in [0.29, 0.717) is 18.1 Å². The second kappa shape index (κ2) is 6.50. The van der Waals surface area contributed by atoms with E-state index in [1.807, 2.05) is 20.8 Å². The largest absolute Gasteiger partial charge is 0.497 e. The van der Waals surface area contributed by atoms with Crippen molar-refractivity contribution < 1.29 is 19.0 Å². The molecule has 1 aromatic rings. The van der Waals surface area contributed by atoms with Crippen molar-refractivity contribution in [2.24, 2.45) is 5.41 Å². The summed E-state index contributed by atoms with van der Waals surface area (Å²) in [4.78, 5) is 11.8. The Kier molecular flexibility index (Phi) is 5.27. The van der Waals surface area contributed by atoms with E-state index in [4.69, 9.17) is 14.2 Å². The molecule has 19 heavy (non-hydrogen) atoms. The summed E-state index contributed by atoms with van der Waals surface area (Å²) in [7, 11) is 3.37. The Morgan fingerprint density at radius 2 is 1.63 bits per heavy atom. The topological polar surface area (TPSA) is 44.8 Å². The van der Waals surface area contributed by atoms with E-state index >= 15 is 0 Å². The van der Waals surface area contributed by atoms with Crippen LogP contribution in [0.2, 0.25) is 0 Å². The average Bonchev–Trinajstić information content (AvgIpc) is 2.35. The molecule has 1 aromatic carbocycles. The fraction of sp³-hybridized carbons (Fsp3) is 0.500. The maximum absolute atomic E-state index is 11.8. The molecule has 0 atom stereocenters. The normalized spacial score (nSPS) is 10.8. The molecule has 0 saturated heterocycles. The van der Waals surface area contributed by atoms with Crippen LogP contribution < -0.4 is 14.9 Å². The van der Waals surface area contributed by atoms with Gasteiger partial charge in [-0.05, 0) is 17.5 Å². The van der Waals surface area contributed by atoms with Gasteiger partial charge in [-0.3, -0.25) is 4.79 Å². The van der Waals surface area contributed by atoms with Crippen molar-refractivity contribution in [3.63, 3.8) is 0 Å². The average molecular weight is 264 g/mol. The molecule has 0 spiro atoms. The third kappa shape index (κ3) is 5.68. The van der Waals surface area contributed by atoms with Gasteiger partial charge in [-0.25, -0.2) is 0 Å². The Hall–Kier alpha value is -1.65. The zero-order valence-corrected chi connectivity index (χ0v) is 12.3. The number of benzene rings is 1. The van der Waals surface area contributed by atoms with E-state index in [9.17, 15) is 4.79 Å². The van der Waals surface area contributed by atoms with Crippen LogP contribution in [0.5, 0.6) is 11.5 Å². The van der Waals surface area contributed by atoms with Gasteiger partial charge in [-0.15, -0.1) is 0 Å². The van der Waals surface area contributed by atoms with Crippen molar-refractivity contribution in [3.05, 3.63) is 18.2 Å².